The average Bonchev–Trinajstić information content (AvgIpc) is 2.82. The zero-order chi connectivity index (χ0) is 12.4. The Balaban J connectivity index is 1.99. The van der Waals surface area contributed by atoms with E-state index in [4.69, 9.17) is 0 Å². The van der Waals surface area contributed by atoms with Crippen molar-refractivity contribution in [2.45, 2.75) is 26.0 Å². The molecule has 1 aliphatic heterocycles. The Bertz CT molecular complexity index is 418. The van der Waals surface area contributed by atoms with Crippen LogP contribution in [-0.2, 0) is 6.54 Å². The molecule has 1 aliphatic rings. The molecule has 1 N–H and O–H groups in total. The zero-order valence-corrected chi connectivity index (χ0v) is 9.74. The van der Waals surface area contributed by atoms with Gasteiger partial charge in [-0.3, -0.25) is 4.90 Å². The highest BCUT2D eigenvalue weighted by Gasteiger charge is 2.22. The lowest BCUT2D eigenvalue weighted by Crippen LogP contribution is -2.26. The molecule has 2 rings (SSSR count). The molecule has 1 aromatic heterocycles. The number of aliphatic hydroxyl groups excluding tert-OH is 1. The molecule has 1 fully saturated rings. The summed E-state index contributed by atoms with van der Waals surface area (Å²) in [5, 5.41) is 20.2. The van der Waals surface area contributed by atoms with E-state index < -0.39 is 4.92 Å². The minimum absolute atomic E-state index is 0.0299. The molecular formula is C10H16N4O3. The fourth-order valence-electron chi connectivity index (χ4n) is 2.14. The highest BCUT2D eigenvalue weighted by Crippen LogP contribution is 2.15. The third-order valence-electron chi connectivity index (χ3n) is 3.11. The Morgan fingerprint density at radius 3 is 3.00 bits per heavy atom. The second-order valence-corrected chi connectivity index (χ2v) is 4.32. The molecule has 1 atom stereocenters. The van der Waals surface area contributed by atoms with Crippen LogP contribution in [-0.4, -0.2) is 50.2 Å². The maximum absolute atomic E-state index is 10.8. The quantitative estimate of drug-likeness (QED) is 0.599. The Labute approximate surface area is 98.8 Å². The molecule has 0 unspecified atom stereocenters. The summed E-state index contributed by atoms with van der Waals surface area (Å²) >= 11 is 0. The van der Waals surface area contributed by atoms with Crippen molar-refractivity contribution in [3.05, 3.63) is 22.1 Å². The lowest BCUT2D eigenvalue weighted by molar-refractivity contribution is -0.392. The van der Waals surface area contributed by atoms with Gasteiger partial charge in [-0.15, -0.1) is 0 Å². The van der Waals surface area contributed by atoms with Crippen LogP contribution in [0.15, 0.2) is 6.20 Å². The van der Waals surface area contributed by atoms with Crippen LogP contribution in [0.3, 0.4) is 0 Å². The Kier molecular flexibility index (Phi) is 3.39. The number of nitrogens with zero attached hydrogens (tertiary/aromatic N) is 4. The molecule has 0 aromatic carbocycles. The summed E-state index contributed by atoms with van der Waals surface area (Å²) in [5.74, 6) is 0.679. The molecule has 0 aliphatic carbocycles. The van der Waals surface area contributed by atoms with Crippen LogP contribution in [0.1, 0.15) is 12.2 Å². The first-order valence-corrected chi connectivity index (χ1v) is 5.65. The van der Waals surface area contributed by atoms with Gasteiger partial charge in [0.2, 0.25) is 0 Å². The van der Waals surface area contributed by atoms with Gasteiger partial charge in [-0.2, -0.15) is 0 Å². The molecule has 7 nitrogen and oxygen atoms in total. The van der Waals surface area contributed by atoms with Gasteiger partial charge in [0.1, 0.15) is 12.7 Å². The fourth-order valence-corrected chi connectivity index (χ4v) is 2.14. The molecule has 0 amide bonds. The molecule has 0 radical (unpaired) electrons. The van der Waals surface area contributed by atoms with Crippen LogP contribution in [0, 0.1) is 17.0 Å². The number of rotatable bonds is 4. The first-order chi connectivity index (χ1) is 8.08. The van der Waals surface area contributed by atoms with E-state index in [-0.39, 0.29) is 11.9 Å². The Hall–Kier alpha value is -1.47. The number of nitro groups is 1. The maximum atomic E-state index is 10.8. The Morgan fingerprint density at radius 1 is 1.65 bits per heavy atom. The summed E-state index contributed by atoms with van der Waals surface area (Å²) in [6.07, 6.45) is 1.81. The third-order valence-corrected chi connectivity index (χ3v) is 3.11. The fraction of sp³-hybridized carbons (Fsp3) is 0.700. The van der Waals surface area contributed by atoms with E-state index in [0.717, 1.165) is 13.0 Å². The number of aliphatic hydroxyl groups is 1. The van der Waals surface area contributed by atoms with Crippen molar-refractivity contribution in [3.8, 4) is 0 Å². The van der Waals surface area contributed by atoms with Gasteiger partial charge in [-0.1, -0.05) is 0 Å². The average molecular weight is 240 g/mol. The summed E-state index contributed by atoms with van der Waals surface area (Å²) in [7, 11) is 0. The topological polar surface area (TPSA) is 84.4 Å². The van der Waals surface area contributed by atoms with Crippen molar-refractivity contribution >= 4 is 5.82 Å². The van der Waals surface area contributed by atoms with Crippen molar-refractivity contribution in [1.82, 2.24) is 14.5 Å². The van der Waals surface area contributed by atoms with Crippen LogP contribution in [0.4, 0.5) is 5.82 Å². The molecule has 0 saturated carbocycles. The van der Waals surface area contributed by atoms with Crippen molar-refractivity contribution in [3.63, 3.8) is 0 Å². The lowest BCUT2D eigenvalue weighted by Gasteiger charge is -2.13. The van der Waals surface area contributed by atoms with Crippen molar-refractivity contribution < 1.29 is 10.0 Å². The highest BCUT2D eigenvalue weighted by atomic mass is 16.6. The molecular weight excluding hydrogens is 224 g/mol. The van der Waals surface area contributed by atoms with Gasteiger partial charge in [0.25, 0.3) is 0 Å². The number of aromatic nitrogens is 2. The summed E-state index contributed by atoms with van der Waals surface area (Å²) in [6, 6.07) is 0. The number of β-amino-alcohol motifs (C(OH)–C–C–N with tert-alkyl or cyclic N) is 1. The minimum atomic E-state index is -0.418. The van der Waals surface area contributed by atoms with E-state index in [9.17, 15) is 15.2 Å². The van der Waals surface area contributed by atoms with Crippen LogP contribution in [0.2, 0.25) is 0 Å². The molecule has 1 saturated heterocycles. The monoisotopic (exact) mass is 240 g/mol. The molecule has 2 heterocycles. The maximum Gasteiger partial charge on any atom is 0.342 e. The van der Waals surface area contributed by atoms with Gasteiger partial charge in [-0.05, 0) is 11.3 Å². The molecule has 7 heteroatoms. The summed E-state index contributed by atoms with van der Waals surface area (Å²) in [5.41, 5.74) is 0. The predicted molar refractivity (Wildman–Crippen MR) is 60.7 cm³/mol. The van der Waals surface area contributed by atoms with Gasteiger partial charge in [0.15, 0.2) is 5.82 Å². The molecule has 17 heavy (non-hydrogen) atoms. The Morgan fingerprint density at radius 2 is 2.41 bits per heavy atom. The summed E-state index contributed by atoms with van der Waals surface area (Å²) < 4.78 is 1.60. The van der Waals surface area contributed by atoms with E-state index >= 15 is 0 Å². The standard InChI is InChI=1S/C10H16N4O3/c1-8-11-6-10(14(16)17)13(8)5-4-12-3-2-9(15)7-12/h6,9,15H,2-5,7H2,1H3/t9-/m0/s1. The second-order valence-electron chi connectivity index (χ2n) is 4.32. The van der Waals surface area contributed by atoms with Gasteiger partial charge < -0.3 is 15.2 Å². The van der Waals surface area contributed by atoms with E-state index in [0.29, 0.717) is 25.5 Å². The number of hydrogen-bond acceptors (Lipinski definition) is 5. The molecule has 0 bridgehead atoms. The number of likely N-dealkylation sites (tertiary alicyclic amines) is 1. The van der Waals surface area contributed by atoms with Crippen molar-refractivity contribution in [2.24, 2.45) is 0 Å². The van der Waals surface area contributed by atoms with Gasteiger partial charge in [-0.25, -0.2) is 9.55 Å². The van der Waals surface area contributed by atoms with Crippen molar-refractivity contribution in [1.29, 1.82) is 0 Å². The molecule has 1 aromatic rings. The number of aryl methyl sites for hydroxylation is 1. The van der Waals surface area contributed by atoms with Crippen LogP contribution < -0.4 is 0 Å². The van der Waals surface area contributed by atoms with E-state index in [2.05, 4.69) is 9.88 Å². The van der Waals surface area contributed by atoms with Gasteiger partial charge in [0.05, 0.1) is 6.10 Å². The first kappa shape index (κ1) is 12.0. The van der Waals surface area contributed by atoms with Crippen LogP contribution in [0.5, 0.6) is 0 Å². The van der Waals surface area contributed by atoms with Crippen LogP contribution in [0.25, 0.3) is 0 Å². The predicted octanol–water partition coefficient (Wildman–Crippen LogP) is 0.166. The smallest absolute Gasteiger partial charge is 0.342 e. The first-order valence-electron chi connectivity index (χ1n) is 5.65. The molecule has 94 valence electrons. The van der Waals surface area contributed by atoms with E-state index in [1.54, 1.807) is 11.5 Å². The summed E-state index contributed by atoms with van der Waals surface area (Å²) in [4.78, 5) is 16.4. The summed E-state index contributed by atoms with van der Waals surface area (Å²) in [6.45, 7) is 4.50. The number of imidazole rings is 1. The zero-order valence-electron chi connectivity index (χ0n) is 9.74. The van der Waals surface area contributed by atoms with E-state index in [1.165, 1.54) is 6.20 Å². The van der Waals surface area contributed by atoms with Gasteiger partial charge >= 0.3 is 5.82 Å². The second kappa shape index (κ2) is 4.80. The van der Waals surface area contributed by atoms with Crippen molar-refractivity contribution in [2.75, 3.05) is 19.6 Å². The normalized spacial score (nSPS) is 20.9. The largest absolute Gasteiger partial charge is 0.392 e. The van der Waals surface area contributed by atoms with Crippen LogP contribution >= 0.6 is 0 Å². The van der Waals surface area contributed by atoms with Gasteiger partial charge in [0, 0.05) is 26.6 Å². The highest BCUT2D eigenvalue weighted by molar-refractivity contribution is 5.18. The SMILES string of the molecule is Cc1ncc([N+](=O)[O-])n1CCN1CC[C@H](O)C1. The van der Waals surface area contributed by atoms with E-state index in [1.807, 2.05) is 0 Å². The minimum Gasteiger partial charge on any atom is -0.392 e. The third kappa shape index (κ3) is 2.62. The lowest BCUT2D eigenvalue weighted by atomic mass is 10.3. The number of hydrogen-bond donors (Lipinski definition) is 1. The molecule has 0 spiro atoms.